The Bertz CT molecular complexity index is 992. The number of hydrazone groups is 1. The maximum Gasteiger partial charge on any atom is 0.345 e. The molecular formula is C20H16N4O4. The molecule has 28 heavy (non-hydrogen) atoms. The third-order valence-electron chi connectivity index (χ3n) is 3.61. The van der Waals surface area contributed by atoms with Gasteiger partial charge in [-0.1, -0.05) is 0 Å². The van der Waals surface area contributed by atoms with Crippen molar-refractivity contribution < 1.29 is 19.1 Å². The van der Waals surface area contributed by atoms with E-state index in [1.165, 1.54) is 31.9 Å². The van der Waals surface area contributed by atoms with E-state index in [0.717, 1.165) is 0 Å². The van der Waals surface area contributed by atoms with Crippen LogP contribution >= 0.6 is 0 Å². The van der Waals surface area contributed by atoms with E-state index in [4.69, 9.17) is 9.47 Å². The van der Waals surface area contributed by atoms with Gasteiger partial charge in [-0.25, -0.2) is 10.2 Å². The second-order valence-corrected chi connectivity index (χ2v) is 5.48. The molecule has 1 aromatic carbocycles. The minimum Gasteiger partial charge on any atom is -0.493 e. The number of pyridine rings is 2. The van der Waals surface area contributed by atoms with Gasteiger partial charge >= 0.3 is 5.97 Å². The number of esters is 1. The number of aromatic nitrogens is 2. The summed E-state index contributed by atoms with van der Waals surface area (Å²) in [5.74, 6) is -0.291. The molecule has 1 N–H and O–H groups in total. The van der Waals surface area contributed by atoms with Gasteiger partial charge in [-0.2, -0.15) is 5.10 Å². The number of carbonyl (C=O) groups is 2. The second-order valence-electron chi connectivity index (χ2n) is 5.48. The largest absolute Gasteiger partial charge is 0.493 e. The van der Waals surface area contributed by atoms with Crippen LogP contribution in [0.25, 0.3) is 0 Å². The summed E-state index contributed by atoms with van der Waals surface area (Å²) in [4.78, 5) is 31.8. The number of rotatable bonds is 6. The maximum atomic E-state index is 12.2. The van der Waals surface area contributed by atoms with Gasteiger partial charge in [-0.3, -0.25) is 14.8 Å². The monoisotopic (exact) mass is 376 g/mol. The first-order valence-corrected chi connectivity index (χ1v) is 8.21. The summed E-state index contributed by atoms with van der Waals surface area (Å²) in [6.07, 6.45) is 7.48. The van der Waals surface area contributed by atoms with Crippen LogP contribution in [0.15, 0.2) is 72.4 Å². The van der Waals surface area contributed by atoms with Gasteiger partial charge in [0, 0.05) is 30.4 Å². The van der Waals surface area contributed by atoms with Crippen molar-refractivity contribution in [1.29, 1.82) is 0 Å². The van der Waals surface area contributed by atoms with Gasteiger partial charge in [-0.05, 0) is 48.0 Å². The van der Waals surface area contributed by atoms with E-state index in [1.807, 2.05) is 0 Å². The van der Waals surface area contributed by atoms with Crippen LogP contribution in [0, 0.1) is 0 Å². The number of hydrogen-bond donors (Lipinski definition) is 1. The molecule has 0 aliphatic rings. The Labute approximate surface area is 160 Å². The maximum absolute atomic E-state index is 12.2. The molecule has 0 atom stereocenters. The molecule has 0 unspecified atom stereocenters. The molecule has 140 valence electrons. The second kappa shape index (κ2) is 9.04. The molecule has 8 heteroatoms. The van der Waals surface area contributed by atoms with E-state index in [-0.39, 0.29) is 11.7 Å². The zero-order valence-electron chi connectivity index (χ0n) is 14.9. The van der Waals surface area contributed by atoms with Crippen molar-refractivity contribution in [1.82, 2.24) is 15.4 Å². The lowest BCUT2D eigenvalue weighted by molar-refractivity contribution is 0.0729. The molecule has 0 spiro atoms. The fourth-order valence-electron chi connectivity index (χ4n) is 2.22. The standard InChI is InChI=1S/C20H16N4O4/c1-27-18-11-14(12-23-24-19(25)15-6-9-21-10-7-15)4-5-17(18)28-20(26)16-3-2-8-22-13-16/h2-13H,1H3,(H,24,25)/b23-12+. The molecule has 0 aliphatic heterocycles. The Morgan fingerprint density at radius 1 is 1.00 bits per heavy atom. The third-order valence-corrected chi connectivity index (χ3v) is 3.61. The first-order chi connectivity index (χ1) is 13.7. The molecule has 3 rings (SSSR count). The number of nitrogens with zero attached hydrogens (tertiary/aromatic N) is 3. The molecule has 0 saturated heterocycles. The lowest BCUT2D eigenvalue weighted by atomic mass is 10.2. The average molecular weight is 376 g/mol. The summed E-state index contributed by atoms with van der Waals surface area (Å²) < 4.78 is 10.6. The normalized spacial score (nSPS) is 10.5. The lowest BCUT2D eigenvalue weighted by Crippen LogP contribution is -2.17. The van der Waals surface area contributed by atoms with E-state index < -0.39 is 5.97 Å². The molecule has 1 amide bonds. The van der Waals surface area contributed by atoms with Gasteiger partial charge in [-0.15, -0.1) is 0 Å². The first-order valence-electron chi connectivity index (χ1n) is 8.21. The van der Waals surface area contributed by atoms with Crippen LogP contribution in [0.2, 0.25) is 0 Å². The van der Waals surface area contributed by atoms with E-state index in [9.17, 15) is 9.59 Å². The van der Waals surface area contributed by atoms with Crippen LogP contribution in [0.4, 0.5) is 0 Å². The molecule has 0 saturated carbocycles. The fourth-order valence-corrected chi connectivity index (χ4v) is 2.22. The van der Waals surface area contributed by atoms with Gasteiger partial charge in [0.2, 0.25) is 0 Å². The molecular weight excluding hydrogens is 360 g/mol. The highest BCUT2D eigenvalue weighted by atomic mass is 16.6. The van der Waals surface area contributed by atoms with Crippen LogP contribution in [0.1, 0.15) is 26.3 Å². The average Bonchev–Trinajstić information content (AvgIpc) is 2.75. The van der Waals surface area contributed by atoms with Gasteiger partial charge < -0.3 is 9.47 Å². The zero-order valence-corrected chi connectivity index (χ0v) is 14.9. The van der Waals surface area contributed by atoms with Crippen molar-refractivity contribution in [3.05, 3.63) is 83.9 Å². The summed E-state index contributed by atoms with van der Waals surface area (Å²) in [6.45, 7) is 0. The van der Waals surface area contributed by atoms with Gasteiger partial charge in [0.05, 0.1) is 18.9 Å². The number of methoxy groups -OCH3 is 1. The quantitative estimate of drug-likeness (QED) is 0.307. The molecule has 2 aromatic heterocycles. The van der Waals surface area contributed by atoms with Crippen LogP contribution in [0.5, 0.6) is 11.5 Å². The zero-order chi connectivity index (χ0) is 19.8. The smallest absolute Gasteiger partial charge is 0.345 e. The van der Waals surface area contributed by atoms with E-state index >= 15 is 0 Å². The van der Waals surface area contributed by atoms with Crippen molar-refractivity contribution in [2.75, 3.05) is 7.11 Å². The Kier molecular flexibility index (Phi) is 6.04. The van der Waals surface area contributed by atoms with Crippen LogP contribution in [0.3, 0.4) is 0 Å². The van der Waals surface area contributed by atoms with Gasteiger partial charge in [0.1, 0.15) is 0 Å². The number of nitrogens with one attached hydrogen (secondary N) is 1. The Hall–Kier alpha value is -4.07. The molecule has 3 aromatic rings. The van der Waals surface area contributed by atoms with Gasteiger partial charge in [0.15, 0.2) is 11.5 Å². The number of amides is 1. The Morgan fingerprint density at radius 3 is 2.54 bits per heavy atom. The number of benzene rings is 1. The molecule has 2 heterocycles. The highest BCUT2D eigenvalue weighted by Crippen LogP contribution is 2.28. The van der Waals surface area contributed by atoms with Crippen LogP contribution in [-0.4, -0.2) is 35.2 Å². The predicted molar refractivity (Wildman–Crippen MR) is 101 cm³/mol. The Balaban J connectivity index is 1.67. The topological polar surface area (TPSA) is 103 Å². The fraction of sp³-hybridized carbons (Fsp3) is 0.0500. The first kappa shape index (κ1) is 18.7. The molecule has 8 nitrogen and oxygen atoms in total. The molecule has 0 aliphatic carbocycles. The summed E-state index contributed by atoms with van der Waals surface area (Å²) >= 11 is 0. The van der Waals surface area contributed by atoms with E-state index in [1.54, 1.807) is 48.7 Å². The molecule has 0 fully saturated rings. The third kappa shape index (κ3) is 4.76. The summed E-state index contributed by atoms with van der Waals surface area (Å²) in [5.41, 5.74) is 3.84. The number of ether oxygens (including phenoxy) is 2. The van der Waals surface area contributed by atoms with E-state index in [0.29, 0.717) is 22.4 Å². The summed E-state index contributed by atoms with van der Waals surface area (Å²) in [7, 11) is 1.46. The SMILES string of the molecule is COc1cc(/C=N/NC(=O)c2ccncc2)ccc1OC(=O)c1cccnc1. The number of hydrogen-bond acceptors (Lipinski definition) is 7. The summed E-state index contributed by atoms with van der Waals surface area (Å²) in [6, 6.07) is 11.3. The van der Waals surface area contributed by atoms with Crippen molar-refractivity contribution in [3.63, 3.8) is 0 Å². The van der Waals surface area contributed by atoms with E-state index in [2.05, 4.69) is 20.5 Å². The van der Waals surface area contributed by atoms with Crippen molar-refractivity contribution in [2.45, 2.75) is 0 Å². The minimum absolute atomic E-state index is 0.259. The lowest BCUT2D eigenvalue weighted by Gasteiger charge is -2.09. The van der Waals surface area contributed by atoms with Crippen LogP contribution < -0.4 is 14.9 Å². The number of carbonyl (C=O) groups excluding carboxylic acids is 2. The van der Waals surface area contributed by atoms with Crippen molar-refractivity contribution in [2.24, 2.45) is 5.10 Å². The Morgan fingerprint density at radius 2 is 1.82 bits per heavy atom. The van der Waals surface area contributed by atoms with Crippen molar-refractivity contribution in [3.8, 4) is 11.5 Å². The van der Waals surface area contributed by atoms with Crippen molar-refractivity contribution >= 4 is 18.1 Å². The minimum atomic E-state index is -0.544. The highest BCUT2D eigenvalue weighted by Gasteiger charge is 2.12. The summed E-state index contributed by atoms with van der Waals surface area (Å²) in [5, 5.41) is 3.91. The van der Waals surface area contributed by atoms with Crippen LogP contribution in [-0.2, 0) is 0 Å². The predicted octanol–water partition coefficient (Wildman–Crippen LogP) is 2.47. The molecule has 0 radical (unpaired) electrons. The van der Waals surface area contributed by atoms with Gasteiger partial charge in [0.25, 0.3) is 5.91 Å². The highest BCUT2D eigenvalue weighted by molar-refractivity contribution is 5.95. The molecule has 0 bridgehead atoms.